The third kappa shape index (κ3) is 4.06. The van der Waals surface area contributed by atoms with Crippen LogP contribution in [0.15, 0.2) is 42.5 Å². The summed E-state index contributed by atoms with van der Waals surface area (Å²) < 4.78 is 20.0. The normalized spacial score (nSPS) is 14.2. The first-order valence-corrected chi connectivity index (χ1v) is 8.67. The summed E-state index contributed by atoms with van der Waals surface area (Å²) in [6, 6.07) is 13.3. The van der Waals surface area contributed by atoms with Gasteiger partial charge in [-0.25, -0.2) is 4.39 Å². The lowest BCUT2D eigenvalue weighted by Crippen LogP contribution is -2.25. The van der Waals surface area contributed by atoms with Crippen molar-refractivity contribution < 1.29 is 9.13 Å². The van der Waals surface area contributed by atoms with E-state index in [1.807, 2.05) is 37.3 Å². The molecule has 0 atom stereocenters. The summed E-state index contributed by atoms with van der Waals surface area (Å²) in [5.74, 6) is 0.773. The molecule has 1 aliphatic heterocycles. The Morgan fingerprint density at radius 3 is 2.67 bits per heavy atom. The zero-order chi connectivity index (χ0) is 16.8. The van der Waals surface area contributed by atoms with Crippen molar-refractivity contribution >= 4 is 5.69 Å². The third-order valence-electron chi connectivity index (χ3n) is 4.47. The van der Waals surface area contributed by atoms with Crippen LogP contribution in [0.1, 0.15) is 24.0 Å². The molecule has 24 heavy (non-hydrogen) atoms. The lowest BCUT2D eigenvalue weighted by molar-refractivity contribution is 0.311. The zero-order valence-electron chi connectivity index (χ0n) is 14.2. The molecule has 1 aliphatic rings. The number of nitrogens with zero attached hydrogens (tertiary/aromatic N) is 1. The molecule has 1 heterocycles. The molecule has 0 aliphatic carbocycles. The van der Waals surface area contributed by atoms with Gasteiger partial charge >= 0.3 is 0 Å². The van der Waals surface area contributed by atoms with E-state index in [2.05, 4.69) is 10.2 Å². The van der Waals surface area contributed by atoms with Gasteiger partial charge in [-0.3, -0.25) is 0 Å². The Kier molecular flexibility index (Phi) is 5.70. The van der Waals surface area contributed by atoms with Crippen LogP contribution >= 0.6 is 0 Å². The number of rotatable bonds is 7. The predicted octanol–water partition coefficient (Wildman–Crippen LogP) is 3.90. The van der Waals surface area contributed by atoms with Crippen molar-refractivity contribution in [2.45, 2.75) is 26.3 Å². The molecule has 0 spiro atoms. The zero-order valence-corrected chi connectivity index (χ0v) is 14.2. The van der Waals surface area contributed by atoms with Gasteiger partial charge in [0.05, 0.1) is 0 Å². The molecule has 1 saturated heterocycles. The van der Waals surface area contributed by atoms with Gasteiger partial charge < -0.3 is 15.0 Å². The Bertz CT molecular complexity index is 668. The number of anilines is 1. The molecule has 3 nitrogen and oxygen atoms in total. The maximum Gasteiger partial charge on any atom is 0.129 e. The number of aryl methyl sites for hydroxylation is 1. The van der Waals surface area contributed by atoms with E-state index in [1.165, 1.54) is 12.8 Å². The van der Waals surface area contributed by atoms with E-state index in [0.717, 1.165) is 35.7 Å². The average molecular weight is 328 g/mol. The molecule has 0 radical (unpaired) electrons. The fraction of sp³-hybridized carbons (Fsp3) is 0.400. The highest BCUT2D eigenvalue weighted by Crippen LogP contribution is 2.26. The highest BCUT2D eigenvalue weighted by Gasteiger charge is 2.17. The van der Waals surface area contributed by atoms with E-state index in [4.69, 9.17) is 4.74 Å². The summed E-state index contributed by atoms with van der Waals surface area (Å²) in [6.45, 7) is 5.85. The molecule has 0 bridgehead atoms. The molecule has 0 saturated carbocycles. The van der Waals surface area contributed by atoms with Gasteiger partial charge in [-0.15, -0.1) is 0 Å². The van der Waals surface area contributed by atoms with Crippen molar-refractivity contribution in [2.75, 3.05) is 31.1 Å². The Hall–Kier alpha value is -2.07. The molecular formula is C20H25FN2O. The van der Waals surface area contributed by atoms with Crippen LogP contribution < -0.4 is 15.0 Å². The van der Waals surface area contributed by atoms with Crippen molar-refractivity contribution in [2.24, 2.45) is 0 Å². The van der Waals surface area contributed by atoms with Crippen LogP contribution in [-0.2, 0) is 6.54 Å². The second-order valence-corrected chi connectivity index (χ2v) is 6.22. The predicted molar refractivity (Wildman–Crippen MR) is 96.2 cm³/mol. The third-order valence-corrected chi connectivity index (χ3v) is 4.47. The minimum absolute atomic E-state index is 0.133. The van der Waals surface area contributed by atoms with Gasteiger partial charge in [0.1, 0.15) is 18.2 Å². The van der Waals surface area contributed by atoms with Crippen molar-refractivity contribution in [3.8, 4) is 5.75 Å². The second kappa shape index (κ2) is 8.15. The highest BCUT2D eigenvalue weighted by atomic mass is 19.1. The van der Waals surface area contributed by atoms with E-state index in [9.17, 15) is 4.39 Å². The van der Waals surface area contributed by atoms with Crippen LogP contribution in [0, 0.1) is 12.7 Å². The van der Waals surface area contributed by atoms with Gasteiger partial charge in [-0.2, -0.15) is 0 Å². The molecule has 3 rings (SSSR count). The minimum atomic E-state index is -0.133. The van der Waals surface area contributed by atoms with Crippen LogP contribution in [0.3, 0.4) is 0 Å². The van der Waals surface area contributed by atoms with Crippen molar-refractivity contribution in [3.05, 3.63) is 59.4 Å². The van der Waals surface area contributed by atoms with Crippen molar-refractivity contribution in [1.82, 2.24) is 5.32 Å². The summed E-state index contributed by atoms with van der Waals surface area (Å²) in [4.78, 5) is 2.28. The first-order chi connectivity index (χ1) is 11.8. The molecule has 4 heteroatoms. The maximum absolute atomic E-state index is 14.2. The topological polar surface area (TPSA) is 24.5 Å². The number of ether oxygens (including phenoxy) is 1. The van der Waals surface area contributed by atoms with Crippen LogP contribution in [0.4, 0.5) is 10.1 Å². The molecule has 1 fully saturated rings. The Morgan fingerprint density at radius 1 is 1.08 bits per heavy atom. The van der Waals surface area contributed by atoms with Crippen LogP contribution in [0.5, 0.6) is 5.75 Å². The number of nitrogens with one attached hydrogen (secondary N) is 1. The number of para-hydroxylation sites is 1. The first-order valence-electron chi connectivity index (χ1n) is 8.67. The van der Waals surface area contributed by atoms with Crippen LogP contribution in [-0.4, -0.2) is 26.2 Å². The number of hydrogen-bond acceptors (Lipinski definition) is 3. The fourth-order valence-corrected chi connectivity index (χ4v) is 3.14. The Balaban J connectivity index is 1.52. The average Bonchev–Trinajstić information content (AvgIpc) is 3.11. The summed E-state index contributed by atoms with van der Waals surface area (Å²) in [5, 5.41) is 3.30. The number of hydrogen-bond donors (Lipinski definition) is 1. The van der Waals surface area contributed by atoms with Gasteiger partial charge in [0, 0.05) is 37.4 Å². The van der Waals surface area contributed by atoms with Gasteiger partial charge in [0.15, 0.2) is 0 Å². The molecular weight excluding hydrogens is 303 g/mol. The fourth-order valence-electron chi connectivity index (χ4n) is 3.14. The molecule has 1 N–H and O–H groups in total. The van der Waals surface area contributed by atoms with Gasteiger partial charge in [0.2, 0.25) is 0 Å². The lowest BCUT2D eigenvalue weighted by Gasteiger charge is -2.22. The monoisotopic (exact) mass is 328 g/mol. The van der Waals surface area contributed by atoms with E-state index < -0.39 is 0 Å². The highest BCUT2D eigenvalue weighted by molar-refractivity contribution is 5.54. The van der Waals surface area contributed by atoms with E-state index in [-0.39, 0.29) is 5.82 Å². The maximum atomic E-state index is 14.2. The quantitative estimate of drug-likeness (QED) is 0.780. The van der Waals surface area contributed by atoms with Crippen molar-refractivity contribution in [1.29, 1.82) is 0 Å². The summed E-state index contributed by atoms with van der Waals surface area (Å²) in [5.41, 5.74) is 2.91. The Morgan fingerprint density at radius 2 is 1.88 bits per heavy atom. The summed E-state index contributed by atoms with van der Waals surface area (Å²) in [6.07, 6.45) is 2.38. The molecule has 128 valence electrons. The number of benzene rings is 2. The molecule has 0 unspecified atom stereocenters. The first kappa shape index (κ1) is 16.8. The van der Waals surface area contributed by atoms with Gasteiger partial charge in [-0.05, 0) is 43.5 Å². The van der Waals surface area contributed by atoms with E-state index >= 15 is 0 Å². The number of halogens is 1. The molecule has 0 amide bonds. The molecule has 0 aromatic heterocycles. The smallest absolute Gasteiger partial charge is 0.129 e. The minimum Gasteiger partial charge on any atom is -0.492 e. The largest absolute Gasteiger partial charge is 0.492 e. The summed E-state index contributed by atoms with van der Waals surface area (Å²) in [7, 11) is 0. The van der Waals surface area contributed by atoms with E-state index in [1.54, 1.807) is 12.1 Å². The lowest BCUT2D eigenvalue weighted by atomic mass is 10.1. The SMILES string of the molecule is Cc1ccccc1OCCNCc1c(F)cccc1N1CCCC1. The van der Waals surface area contributed by atoms with Crippen LogP contribution in [0.25, 0.3) is 0 Å². The standard InChI is InChI=1S/C20H25FN2O/c1-16-7-2-3-10-20(16)24-14-11-22-15-17-18(21)8-6-9-19(17)23-12-4-5-13-23/h2-3,6-10,22H,4-5,11-15H2,1H3. The van der Waals surface area contributed by atoms with Crippen molar-refractivity contribution in [3.63, 3.8) is 0 Å². The van der Waals surface area contributed by atoms with Gasteiger partial charge in [0.25, 0.3) is 0 Å². The Labute approximate surface area is 143 Å². The second-order valence-electron chi connectivity index (χ2n) is 6.22. The van der Waals surface area contributed by atoms with Gasteiger partial charge in [-0.1, -0.05) is 24.3 Å². The van der Waals surface area contributed by atoms with Crippen LogP contribution in [0.2, 0.25) is 0 Å². The summed E-state index contributed by atoms with van der Waals surface area (Å²) >= 11 is 0. The van der Waals surface area contributed by atoms with E-state index in [0.29, 0.717) is 19.7 Å². The molecule has 2 aromatic carbocycles. The molecule has 2 aromatic rings.